The maximum atomic E-state index is 12.7. The third-order valence-corrected chi connectivity index (χ3v) is 14.2. The van der Waals surface area contributed by atoms with Crippen LogP contribution in [-0.2, 0) is 21.5 Å². The first-order valence-electron chi connectivity index (χ1n) is 20.0. The predicted molar refractivity (Wildman–Crippen MR) is 225 cm³/mol. The van der Waals surface area contributed by atoms with E-state index in [1.807, 2.05) is 12.1 Å². The smallest absolute Gasteiger partial charge is 0.330 e. The number of benzene rings is 2. The van der Waals surface area contributed by atoms with Crippen LogP contribution in [0.25, 0.3) is 22.3 Å². The molecule has 0 bridgehead atoms. The van der Waals surface area contributed by atoms with Crippen LogP contribution >= 0.6 is 31.9 Å². The minimum atomic E-state index is -0.693. The highest BCUT2D eigenvalue weighted by Gasteiger charge is 2.53. The van der Waals surface area contributed by atoms with Gasteiger partial charge in [-0.15, -0.1) is 5.10 Å². The quantitative estimate of drug-likeness (QED) is 0.111. The van der Waals surface area contributed by atoms with Gasteiger partial charge in [0.2, 0.25) is 5.91 Å². The number of carbonyl (C=O) groups excluding carboxylic acids is 1. The fourth-order valence-corrected chi connectivity index (χ4v) is 10.2. The summed E-state index contributed by atoms with van der Waals surface area (Å²) in [7, 11) is 0. The Morgan fingerprint density at radius 1 is 1.05 bits per heavy atom. The Balaban J connectivity index is 0.843. The number of rotatable bonds is 12. The highest BCUT2D eigenvalue weighted by molar-refractivity contribution is 9.13. The third kappa shape index (κ3) is 7.68. The van der Waals surface area contributed by atoms with E-state index >= 15 is 0 Å². The van der Waals surface area contributed by atoms with Crippen molar-refractivity contribution in [3.05, 3.63) is 95.0 Å². The Kier molecular flexibility index (Phi) is 11.2. The van der Waals surface area contributed by atoms with Crippen molar-refractivity contribution in [2.75, 3.05) is 13.2 Å². The van der Waals surface area contributed by atoms with Crippen LogP contribution in [0, 0.1) is 12.3 Å². The molecular weight excluding hydrogens is 872 g/mol. The molecule has 5 atom stereocenters. The molecule has 4 heterocycles. The van der Waals surface area contributed by atoms with Crippen molar-refractivity contribution in [3.63, 3.8) is 0 Å². The molecule has 0 spiro atoms. The number of aliphatic hydroxyl groups excluding tert-OH is 1. The van der Waals surface area contributed by atoms with Crippen molar-refractivity contribution in [2.24, 2.45) is 5.41 Å². The van der Waals surface area contributed by atoms with Gasteiger partial charge in [0.15, 0.2) is 0 Å². The lowest BCUT2D eigenvalue weighted by Crippen LogP contribution is -2.46. The van der Waals surface area contributed by atoms with E-state index in [0.717, 1.165) is 68.4 Å². The van der Waals surface area contributed by atoms with E-state index in [9.17, 15) is 19.5 Å². The second-order valence-corrected chi connectivity index (χ2v) is 18.5. The van der Waals surface area contributed by atoms with Gasteiger partial charge in [-0.2, -0.15) is 0 Å². The first kappa shape index (κ1) is 40.5. The number of fused-ring (bicyclic) bond motifs is 7. The van der Waals surface area contributed by atoms with Crippen LogP contribution in [0.3, 0.4) is 0 Å². The molecule has 2 aromatic carbocycles. The molecule has 58 heavy (non-hydrogen) atoms. The van der Waals surface area contributed by atoms with Gasteiger partial charge in [-0.3, -0.25) is 19.1 Å². The molecule has 2 fully saturated rings. The van der Waals surface area contributed by atoms with Crippen molar-refractivity contribution < 1.29 is 19.4 Å². The van der Waals surface area contributed by atoms with Crippen LogP contribution in [0.4, 0.5) is 0 Å². The third-order valence-electron chi connectivity index (χ3n) is 12.3. The lowest BCUT2D eigenvalue weighted by atomic mass is 9.50. The van der Waals surface area contributed by atoms with E-state index in [1.165, 1.54) is 22.7 Å². The summed E-state index contributed by atoms with van der Waals surface area (Å²) in [6.45, 7) is 9.21. The first-order valence-corrected chi connectivity index (χ1v) is 21.5. The molecular formula is C42H48Br2N8O6. The zero-order valence-electron chi connectivity index (χ0n) is 33.1. The monoisotopic (exact) mass is 918 g/mol. The summed E-state index contributed by atoms with van der Waals surface area (Å²) < 4.78 is 17.1. The van der Waals surface area contributed by atoms with E-state index in [1.54, 1.807) is 17.8 Å². The highest BCUT2D eigenvalue weighted by atomic mass is 79.9. The minimum Gasteiger partial charge on any atom is -0.494 e. The summed E-state index contributed by atoms with van der Waals surface area (Å²) in [4.78, 5) is 49.8. The highest BCUT2D eigenvalue weighted by Crippen LogP contribution is 2.62. The molecule has 3 aromatic heterocycles. The topological polar surface area (TPSA) is 179 Å². The number of hydrogen-bond donors (Lipinski definition) is 3. The lowest BCUT2D eigenvalue weighted by molar-refractivity contribution is -0.121. The number of aromatic amines is 1. The van der Waals surface area contributed by atoms with Crippen molar-refractivity contribution >= 4 is 48.8 Å². The maximum Gasteiger partial charge on any atom is 0.330 e. The van der Waals surface area contributed by atoms with Gasteiger partial charge in [-0.25, -0.2) is 19.4 Å². The fraction of sp³-hybridized carbons (Fsp3) is 0.500. The number of aryl methyl sites for hydroxylation is 1. The number of carbonyl (C=O) groups is 1. The molecule has 16 heteroatoms. The Morgan fingerprint density at radius 2 is 1.83 bits per heavy atom. The molecule has 1 aliphatic heterocycles. The van der Waals surface area contributed by atoms with Gasteiger partial charge in [0.1, 0.15) is 23.8 Å². The Labute approximate surface area is 352 Å². The summed E-state index contributed by atoms with van der Waals surface area (Å²) >= 11 is 7.31. The van der Waals surface area contributed by atoms with E-state index in [2.05, 4.69) is 91.4 Å². The predicted octanol–water partition coefficient (Wildman–Crippen LogP) is 6.91. The fourth-order valence-electron chi connectivity index (χ4n) is 9.51. The van der Waals surface area contributed by atoms with Crippen LogP contribution in [0.5, 0.6) is 5.75 Å². The van der Waals surface area contributed by atoms with Crippen LogP contribution in [-0.4, -0.2) is 64.8 Å². The minimum absolute atomic E-state index is 0.0680. The Morgan fingerprint density at radius 3 is 2.60 bits per heavy atom. The van der Waals surface area contributed by atoms with Gasteiger partial charge >= 0.3 is 5.69 Å². The lowest BCUT2D eigenvalue weighted by Gasteiger charge is -2.53. The number of hydrogen-bond acceptors (Lipinski definition) is 10. The van der Waals surface area contributed by atoms with Crippen molar-refractivity contribution in [3.8, 4) is 17.0 Å². The van der Waals surface area contributed by atoms with Gasteiger partial charge in [0.05, 0.1) is 54.4 Å². The van der Waals surface area contributed by atoms with Gasteiger partial charge in [-0.05, 0) is 106 Å². The molecule has 14 nitrogen and oxygen atoms in total. The number of nitrogens with one attached hydrogen (secondary N) is 2. The number of ether oxygens (including phenoxy) is 2. The molecule has 1 saturated carbocycles. The number of aromatic nitrogens is 7. The molecule has 1 amide bonds. The number of halogens is 2. The summed E-state index contributed by atoms with van der Waals surface area (Å²) in [6.07, 6.45) is 8.29. The Bertz CT molecular complexity index is 2500. The zero-order valence-corrected chi connectivity index (χ0v) is 36.2. The van der Waals surface area contributed by atoms with E-state index in [4.69, 9.17) is 19.4 Å². The Hall–Kier alpha value is -4.25. The van der Waals surface area contributed by atoms with Crippen LogP contribution in [0.2, 0.25) is 0 Å². The molecule has 0 radical (unpaired) electrons. The average molecular weight is 921 g/mol. The number of unbranched alkanes of at least 4 members (excludes halogenated alkanes) is 2. The standard InChI is InChI=1S/C42H48Br2N8O6/c1-23-20-51(40(56)48-39(23)55)35-18-32(33(22-53)58-35)52-21-24(49-50-52)19-45-34(54)9-6-5-7-14-57-25-10-11-27-26(15-25)36-37(38-41(2,3)12-8-13-42(27,38)4)47-31-17-29(44)28(43)16-30(31)46-36/h10-11,15-17,20-21,32-33,35,38,53H,5-9,12-14,18-19,22H2,1-4H3,(H,45,54)(H,48,55,56)/t32-,33+,35+,38+,42+/m0/s1. The molecule has 1 saturated heterocycles. The number of nitrogens with zero attached hydrogens (tertiary/aromatic N) is 6. The van der Waals surface area contributed by atoms with E-state index < -0.39 is 29.6 Å². The summed E-state index contributed by atoms with van der Waals surface area (Å²) in [5.41, 5.74) is 6.06. The summed E-state index contributed by atoms with van der Waals surface area (Å²) in [5.74, 6) is 0.958. The number of H-pyrrole nitrogens is 1. The van der Waals surface area contributed by atoms with Gasteiger partial charge < -0.3 is 19.9 Å². The van der Waals surface area contributed by atoms with E-state index in [0.29, 0.717) is 37.1 Å². The van der Waals surface area contributed by atoms with E-state index in [-0.39, 0.29) is 35.8 Å². The number of amides is 1. The van der Waals surface area contributed by atoms with Crippen molar-refractivity contribution in [1.82, 2.24) is 39.8 Å². The molecule has 8 rings (SSSR count). The average Bonchev–Trinajstić information content (AvgIpc) is 3.84. The zero-order chi connectivity index (χ0) is 40.9. The second kappa shape index (κ2) is 16.1. The SMILES string of the molecule is Cc1cn([C@H]2C[C@H](n3cc(CNC(=O)CCCCCOc4ccc5c(c4)-c4nc6cc(Br)c(Br)cc6nc4[C@@H]4C(C)(C)CCC[C@]54C)nn3)[C@@H](CO)O2)c(=O)[nH]c1=O. The van der Waals surface area contributed by atoms with Crippen molar-refractivity contribution in [1.29, 1.82) is 0 Å². The van der Waals surface area contributed by atoms with Gasteiger partial charge in [0.25, 0.3) is 5.56 Å². The van der Waals surface area contributed by atoms with Crippen molar-refractivity contribution in [2.45, 2.75) is 115 Å². The van der Waals surface area contributed by atoms with Gasteiger partial charge in [0, 0.05) is 50.4 Å². The van der Waals surface area contributed by atoms with Crippen LogP contribution in [0.15, 0.2) is 61.3 Å². The molecule has 2 aliphatic carbocycles. The number of aliphatic hydroxyl groups is 1. The van der Waals surface area contributed by atoms with Gasteiger partial charge in [-0.1, -0.05) is 38.5 Å². The summed E-state index contributed by atoms with van der Waals surface area (Å²) in [6, 6.07) is 10.2. The normalized spacial score (nSPS) is 23.3. The maximum absolute atomic E-state index is 12.7. The molecule has 0 unspecified atom stereocenters. The molecule has 3 aliphatic rings. The van der Waals surface area contributed by atoms with Crippen LogP contribution < -0.4 is 21.3 Å². The molecule has 3 N–H and O–H groups in total. The largest absolute Gasteiger partial charge is 0.494 e. The molecule has 5 aromatic rings. The molecule has 306 valence electrons. The second-order valence-electron chi connectivity index (χ2n) is 16.8. The first-order chi connectivity index (χ1) is 27.8. The van der Waals surface area contributed by atoms with Crippen LogP contribution in [0.1, 0.15) is 113 Å². The summed E-state index contributed by atoms with van der Waals surface area (Å²) in [5, 5.41) is 21.3.